The van der Waals surface area contributed by atoms with Gasteiger partial charge in [0.1, 0.15) is 5.54 Å². The summed E-state index contributed by atoms with van der Waals surface area (Å²) in [6.07, 6.45) is 3.55. The third-order valence-corrected chi connectivity index (χ3v) is 14.4. The quantitative estimate of drug-likeness (QED) is 0.275. The fourth-order valence-corrected chi connectivity index (χ4v) is 11.9. The van der Waals surface area contributed by atoms with Crippen molar-refractivity contribution >= 4 is 31.5 Å². The second-order valence-electron chi connectivity index (χ2n) is 15.4. The molecule has 4 aliphatic rings. The van der Waals surface area contributed by atoms with Crippen molar-refractivity contribution in [2.75, 3.05) is 36.2 Å². The Morgan fingerprint density at radius 3 is 2.30 bits per heavy atom. The molecule has 0 bridgehead atoms. The number of aliphatic hydroxyl groups is 1. The van der Waals surface area contributed by atoms with E-state index in [1.165, 1.54) is 11.1 Å². The lowest BCUT2D eigenvalue weighted by molar-refractivity contribution is -0.138. The van der Waals surface area contributed by atoms with Crippen LogP contribution in [0.1, 0.15) is 49.3 Å². The Kier molecular flexibility index (Phi) is 9.93. The number of hydrogen-bond donors (Lipinski definition) is 3. The van der Waals surface area contributed by atoms with Gasteiger partial charge in [0.15, 0.2) is 8.32 Å². The van der Waals surface area contributed by atoms with Gasteiger partial charge >= 0.3 is 0 Å². The molecule has 0 saturated carbocycles. The molecule has 0 unspecified atom stereocenters. The van der Waals surface area contributed by atoms with Crippen molar-refractivity contribution in [3.05, 3.63) is 95.6 Å². The van der Waals surface area contributed by atoms with Crippen molar-refractivity contribution in [3.63, 3.8) is 0 Å². The van der Waals surface area contributed by atoms with Crippen LogP contribution in [0.15, 0.2) is 78.9 Å². The van der Waals surface area contributed by atoms with Gasteiger partial charge in [-0.3, -0.25) is 14.5 Å². The first kappa shape index (κ1) is 34.9. The summed E-state index contributed by atoms with van der Waals surface area (Å²) >= 11 is 0. The van der Waals surface area contributed by atoms with Crippen molar-refractivity contribution in [1.29, 1.82) is 0 Å². The van der Waals surface area contributed by atoms with Gasteiger partial charge in [0, 0.05) is 23.5 Å². The zero-order valence-electron chi connectivity index (χ0n) is 29.6. The Bertz CT molecular complexity index is 1660. The van der Waals surface area contributed by atoms with Gasteiger partial charge in [-0.1, -0.05) is 61.5 Å². The zero-order chi connectivity index (χ0) is 35.0. The number of rotatable bonds is 9. The van der Waals surface area contributed by atoms with Crippen molar-refractivity contribution in [3.8, 4) is 0 Å². The molecule has 3 aromatic rings. The minimum Gasteiger partial charge on any atom is -0.432 e. The van der Waals surface area contributed by atoms with Gasteiger partial charge in [-0.2, -0.15) is 0 Å². The average molecular weight is 697 g/mol. The number of para-hydroxylation sites is 1. The third kappa shape index (κ3) is 6.64. The highest BCUT2D eigenvalue weighted by atomic mass is 28.4. The van der Waals surface area contributed by atoms with E-state index in [1.54, 1.807) is 0 Å². The summed E-state index contributed by atoms with van der Waals surface area (Å²) < 4.78 is 6.67. The first-order valence-electron chi connectivity index (χ1n) is 18.4. The highest BCUT2D eigenvalue weighted by molar-refractivity contribution is 6.71. The number of hydrogen-bond acceptors (Lipinski definition) is 7. The molecule has 3 aromatic carbocycles. The lowest BCUT2D eigenvalue weighted by atomic mass is 9.86. The van der Waals surface area contributed by atoms with Crippen LogP contribution < -0.4 is 15.1 Å². The number of nitrogens with zero attached hydrogens (tertiary/aromatic N) is 3. The summed E-state index contributed by atoms with van der Waals surface area (Å²) in [5.74, 6) is 0.260. The molecule has 3 fully saturated rings. The maximum absolute atomic E-state index is 14.1. The van der Waals surface area contributed by atoms with Crippen LogP contribution in [0.2, 0.25) is 18.6 Å². The average Bonchev–Trinajstić information content (AvgIpc) is 3.59. The number of carbonyl (C=O) groups excluding carboxylic acids is 2. The maximum Gasteiger partial charge on any atom is 0.254 e. The number of aliphatic hydroxyl groups excluding tert-OH is 1. The number of carbonyl (C=O) groups is 2. The highest BCUT2D eigenvalue weighted by Crippen LogP contribution is 2.46. The molecule has 3 N–H and O–H groups in total. The van der Waals surface area contributed by atoms with E-state index in [2.05, 4.69) is 65.7 Å². The number of amides is 2. The predicted octanol–water partition coefficient (Wildman–Crippen LogP) is 4.86. The van der Waals surface area contributed by atoms with Gasteiger partial charge in [-0.05, 0) is 105 Å². The van der Waals surface area contributed by atoms with Gasteiger partial charge in [0.05, 0.1) is 37.9 Å². The number of anilines is 2. The van der Waals surface area contributed by atoms with Crippen LogP contribution in [0.25, 0.3) is 0 Å². The van der Waals surface area contributed by atoms with Crippen LogP contribution in [0, 0.1) is 5.92 Å². The van der Waals surface area contributed by atoms with Gasteiger partial charge in [-0.15, -0.1) is 0 Å². The van der Waals surface area contributed by atoms with E-state index >= 15 is 0 Å². The first-order chi connectivity index (χ1) is 24.1. The van der Waals surface area contributed by atoms with E-state index in [4.69, 9.17) is 4.74 Å². The van der Waals surface area contributed by atoms with E-state index in [0.29, 0.717) is 19.6 Å². The fraction of sp³-hybridized carbons (Fsp3) is 0.500. The van der Waals surface area contributed by atoms with E-state index < -0.39 is 13.9 Å². The molecule has 3 saturated heterocycles. The molecule has 10 heteroatoms. The molecule has 0 radical (unpaired) electrons. The Hall–Kier alpha value is -3.54. The SMILES string of the molecule is C[C@H]1[C@H]([Si](C)(C)O)[C@@H](CC(=O)N2Cc3ccccc3C[C@H]2CO)O[C@H]1CCc1ccc(N2CN(c3ccccc3)C3(CCNCC3)C2=O)cc1. The van der Waals surface area contributed by atoms with Crippen LogP contribution in [-0.2, 0) is 33.7 Å². The topological polar surface area (TPSA) is 106 Å². The fourth-order valence-electron chi connectivity index (χ4n) is 9.26. The van der Waals surface area contributed by atoms with Crippen molar-refractivity contribution < 1.29 is 24.2 Å². The zero-order valence-corrected chi connectivity index (χ0v) is 30.6. The standard InChI is InChI=1S/C40H52N4O5Si/c1-28-35(49-36(38(28)50(2,3)48)24-37(46)42-25-31-10-8-7-9-30(31)23-34(42)26-45)18-15-29-13-16-32(17-14-29)43-27-44(33-11-5-4-6-12-33)40(39(43)47)19-21-41-22-20-40/h4-14,16-17,28,34-36,38,41,45,48H,15,18-27H2,1-3H3/t28-,34+,35+,36-,38+/m1/s1. The summed E-state index contributed by atoms with van der Waals surface area (Å²) in [5.41, 5.74) is 4.86. The van der Waals surface area contributed by atoms with Crippen molar-refractivity contribution in [2.45, 2.75) is 94.4 Å². The Balaban J connectivity index is 1.01. The van der Waals surface area contributed by atoms with Gasteiger partial charge in [0.25, 0.3) is 5.91 Å². The van der Waals surface area contributed by atoms with E-state index in [0.717, 1.165) is 55.7 Å². The summed E-state index contributed by atoms with van der Waals surface area (Å²) in [6.45, 7) is 8.65. The molecule has 5 atom stereocenters. The molecular formula is C40H52N4O5Si. The monoisotopic (exact) mass is 696 g/mol. The normalized spacial score (nSPS) is 26.5. The van der Waals surface area contributed by atoms with E-state index in [-0.39, 0.29) is 54.6 Å². The Morgan fingerprint density at radius 2 is 1.62 bits per heavy atom. The van der Waals surface area contributed by atoms with Crippen LogP contribution in [-0.4, -0.2) is 85.1 Å². The summed E-state index contributed by atoms with van der Waals surface area (Å²) in [4.78, 5) is 45.3. The molecule has 50 heavy (non-hydrogen) atoms. The van der Waals surface area contributed by atoms with Crippen LogP contribution >= 0.6 is 0 Å². The molecule has 0 aromatic heterocycles. The number of nitrogens with one attached hydrogen (secondary N) is 1. The van der Waals surface area contributed by atoms with E-state index in [1.807, 2.05) is 53.2 Å². The third-order valence-electron chi connectivity index (χ3n) is 11.9. The first-order valence-corrected chi connectivity index (χ1v) is 21.4. The molecule has 4 heterocycles. The summed E-state index contributed by atoms with van der Waals surface area (Å²) in [5, 5.41) is 13.6. The van der Waals surface area contributed by atoms with Gasteiger partial charge < -0.3 is 29.8 Å². The Morgan fingerprint density at radius 1 is 0.940 bits per heavy atom. The lowest BCUT2D eigenvalue weighted by Crippen LogP contribution is -2.55. The second kappa shape index (κ2) is 14.2. The van der Waals surface area contributed by atoms with Crippen molar-refractivity contribution in [2.24, 2.45) is 5.92 Å². The minimum absolute atomic E-state index is 0.0243. The molecule has 7 rings (SSSR count). The second-order valence-corrected chi connectivity index (χ2v) is 19.4. The predicted molar refractivity (Wildman–Crippen MR) is 198 cm³/mol. The van der Waals surface area contributed by atoms with Crippen molar-refractivity contribution in [1.82, 2.24) is 10.2 Å². The maximum atomic E-state index is 14.1. The van der Waals surface area contributed by atoms with E-state index in [9.17, 15) is 19.5 Å². The number of piperidine rings is 1. The van der Waals surface area contributed by atoms with Gasteiger partial charge in [0.2, 0.25) is 5.91 Å². The highest BCUT2D eigenvalue weighted by Gasteiger charge is 2.53. The lowest BCUT2D eigenvalue weighted by Gasteiger charge is -2.39. The summed E-state index contributed by atoms with van der Waals surface area (Å²) in [6, 6.07) is 26.5. The summed E-state index contributed by atoms with van der Waals surface area (Å²) in [7, 11) is -2.67. The number of ether oxygens (including phenoxy) is 1. The smallest absolute Gasteiger partial charge is 0.254 e. The Labute approximate surface area is 297 Å². The number of benzene rings is 3. The van der Waals surface area contributed by atoms with Crippen LogP contribution in [0.4, 0.5) is 11.4 Å². The molecule has 0 aliphatic carbocycles. The molecule has 266 valence electrons. The molecule has 1 spiro atoms. The van der Waals surface area contributed by atoms with Crippen LogP contribution in [0.5, 0.6) is 0 Å². The number of fused-ring (bicyclic) bond motifs is 1. The minimum atomic E-state index is -2.67. The van der Waals surface area contributed by atoms with Gasteiger partial charge in [-0.25, -0.2) is 0 Å². The molecule has 9 nitrogen and oxygen atoms in total. The van der Waals surface area contributed by atoms with Crippen LogP contribution in [0.3, 0.4) is 0 Å². The molecular weight excluding hydrogens is 645 g/mol. The number of aryl methyl sites for hydroxylation is 1. The largest absolute Gasteiger partial charge is 0.432 e. The molecule has 4 aliphatic heterocycles. The molecule has 2 amide bonds.